The number of carbonyl (C=O) groups excluding carboxylic acids is 1. The second kappa shape index (κ2) is 9.11. The van der Waals surface area contributed by atoms with Gasteiger partial charge in [0.15, 0.2) is 0 Å². The molecule has 0 bridgehead atoms. The van der Waals surface area contributed by atoms with Crippen molar-refractivity contribution in [3.63, 3.8) is 0 Å². The molecule has 1 aliphatic heterocycles. The average Bonchev–Trinajstić information content (AvgIpc) is 2.75. The van der Waals surface area contributed by atoms with Gasteiger partial charge < -0.3 is 30.1 Å². The number of benzene rings is 2. The van der Waals surface area contributed by atoms with Crippen LogP contribution in [0.1, 0.15) is 17.2 Å². The number of morpholine rings is 1. The van der Waals surface area contributed by atoms with Crippen LogP contribution in [-0.4, -0.2) is 48.9 Å². The maximum absolute atomic E-state index is 14.5. The third-order valence-electron chi connectivity index (χ3n) is 4.53. The predicted molar refractivity (Wildman–Crippen MR) is 105 cm³/mol. The van der Waals surface area contributed by atoms with E-state index in [9.17, 15) is 14.0 Å². The van der Waals surface area contributed by atoms with Gasteiger partial charge in [-0.1, -0.05) is 6.07 Å². The van der Waals surface area contributed by atoms with Gasteiger partial charge in [0.1, 0.15) is 17.7 Å². The van der Waals surface area contributed by atoms with Gasteiger partial charge >= 0.3 is 12.1 Å². The summed E-state index contributed by atoms with van der Waals surface area (Å²) in [6.07, 6.45) is -1.65. The third-order valence-corrected chi connectivity index (χ3v) is 4.53. The molecule has 0 aliphatic carbocycles. The van der Waals surface area contributed by atoms with Crippen LogP contribution >= 0.6 is 0 Å². The van der Waals surface area contributed by atoms with Gasteiger partial charge in [-0.15, -0.1) is 0 Å². The second-order valence-corrected chi connectivity index (χ2v) is 6.43. The maximum atomic E-state index is 14.5. The number of hydrogen-bond acceptors (Lipinski definition) is 5. The van der Waals surface area contributed by atoms with E-state index in [0.29, 0.717) is 16.9 Å². The number of methoxy groups -OCH3 is 1. The van der Waals surface area contributed by atoms with Crippen molar-refractivity contribution in [3.8, 4) is 11.8 Å². The van der Waals surface area contributed by atoms with E-state index in [1.165, 1.54) is 36.3 Å². The van der Waals surface area contributed by atoms with E-state index in [-0.39, 0.29) is 31.1 Å². The van der Waals surface area contributed by atoms with Crippen molar-refractivity contribution < 1.29 is 28.6 Å². The molecule has 1 fully saturated rings. The van der Waals surface area contributed by atoms with Crippen LogP contribution in [0.4, 0.5) is 25.4 Å². The van der Waals surface area contributed by atoms with Crippen molar-refractivity contribution in [3.05, 3.63) is 53.3 Å². The normalized spacial score (nSPS) is 15.8. The summed E-state index contributed by atoms with van der Waals surface area (Å²) in [4.78, 5) is 24.6. The molecule has 3 rings (SSSR count). The van der Waals surface area contributed by atoms with E-state index < -0.39 is 24.0 Å². The zero-order valence-electron chi connectivity index (χ0n) is 16.0. The topological polar surface area (TPSA) is 124 Å². The molecule has 1 heterocycles. The van der Waals surface area contributed by atoms with Gasteiger partial charge in [-0.2, -0.15) is 5.26 Å². The highest BCUT2D eigenvalue weighted by molar-refractivity contribution is 6.00. The molecule has 0 radical (unpaired) electrons. The summed E-state index contributed by atoms with van der Waals surface area (Å²) in [5.41, 5.74) is 0.977. The lowest BCUT2D eigenvalue weighted by Gasteiger charge is -2.31. The van der Waals surface area contributed by atoms with Crippen LogP contribution < -0.4 is 15.4 Å². The quantitative estimate of drug-likeness (QED) is 0.704. The highest BCUT2D eigenvalue weighted by Crippen LogP contribution is 2.27. The number of amides is 3. The second-order valence-electron chi connectivity index (χ2n) is 6.43. The van der Waals surface area contributed by atoms with Gasteiger partial charge in [-0.05, 0) is 35.9 Å². The number of carboxylic acid groups (broad SMARTS) is 1. The molecule has 30 heavy (non-hydrogen) atoms. The van der Waals surface area contributed by atoms with Crippen molar-refractivity contribution in [2.24, 2.45) is 0 Å². The minimum atomic E-state index is -1.06. The van der Waals surface area contributed by atoms with Crippen molar-refractivity contribution >= 4 is 23.5 Å². The standard InChI is InChI=1S/C20H19FN4O5/c1-29-17-5-2-12(10-22)8-16(17)24-19(26)23-15-4-3-13(9-14(15)21)18-11-25(20(27)28)6-7-30-18/h2-5,8-9,18H,6-7,11H2,1H3,(H,27,28)(H2,23,24,26)/t18-/m1/s1. The fraction of sp³-hybridized carbons (Fsp3) is 0.250. The van der Waals surface area contributed by atoms with Crippen LogP contribution in [0.2, 0.25) is 0 Å². The van der Waals surface area contributed by atoms with E-state index in [0.717, 1.165) is 0 Å². The highest BCUT2D eigenvalue weighted by atomic mass is 19.1. The zero-order valence-corrected chi connectivity index (χ0v) is 16.0. The molecule has 156 valence electrons. The fourth-order valence-corrected chi connectivity index (χ4v) is 3.01. The van der Waals surface area contributed by atoms with Crippen LogP contribution in [0.25, 0.3) is 0 Å². The summed E-state index contributed by atoms with van der Waals surface area (Å²) in [5.74, 6) is -0.353. The summed E-state index contributed by atoms with van der Waals surface area (Å²) < 4.78 is 25.2. The first kappa shape index (κ1) is 20.9. The molecular formula is C20H19FN4O5. The summed E-state index contributed by atoms with van der Waals surface area (Å²) in [6.45, 7) is 0.562. The van der Waals surface area contributed by atoms with E-state index in [2.05, 4.69) is 10.6 Å². The minimum absolute atomic E-state index is 0.0717. The summed E-state index contributed by atoms with van der Waals surface area (Å²) in [6, 6.07) is 9.88. The molecule has 3 N–H and O–H groups in total. The number of nitrogens with zero attached hydrogens (tertiary/aromatic N) is 2. The van der Waals surface area contributed by atoms with Crippen LogP contribution in [0.3, 0.4) is 0 Å². The number of halogens is 1. The fourth-order valence-electron chi connectivity index (χ4n) is 3.01. The Kier molecular flexibility index (Phi) is 6.34. The lowest BCUT2D eigenvalue weighted by atomic mass is 10.1. The number of ether oxygens (including phenoxy) is 2. The number of urea groups is 1. The molecule has 0 spiro atoms. The molecule has 2 aromatic rings. The molecule has 2 aromatic carbocycles. The van der Waals surface area contributed by atoms with Gasteiger partial charge in [-0.3, -0.25) is 0 Å². The first-order chi connectivity index (χ1) is 14.4. The Bertz CT molecular complexity index is 1010. The first-order valence-electron chi connectivity index (χ1n) is 8.96. The minimum Gasteiger partial charge on any atom is -0.495 e. The Morgan fingerprint density at radius 2 is 2.03 bits per heavy atom. The van der Waals surface area contributed by atoms with Crippen LogP contribution in [0, 0.1) is 17.1 Å². The average molecular weight is 414 g/mol. The third kappa shape index (κ3) is 4.76. The highest BCUT2D eigenvalue weighted by Gasteiger charge is 2.25. The molecule has 1 atom stereocenters. The van der Waals surface area contributed by atoms with Crippen molar-refractivity contribution in [2.75, 3.05) is 37.4 Å². The SMILES string of the molecule is COc1ccc(C#N)cc1NC(=O)Nc1ccc([C@H]2CN(C(=O)O)CCO2)cc1F. The number of nitriles is 1. The molecule has 0 unspecified atom stereocenters. The molecular weight excluding hydrogens is 395 g/mol. The lowest BCUT2D eigenvalue weighted by Crippen LogP contribution is -2.41. The van der Waals surface area contributed by atoms with Crippen LogP contribution in [0.5, 0.6) is 5.75 Å². The summed E-state index contributed by atoms with van der Waals surface area (Å²) >= 11 is 0. The van der Waals surface area contributed by atoms with E-state index in [4.69, 9.17) is 19.8 Å². The van der Waals surface area contributed by atoms with Crippen molar-refractivity contribution in [1.82, 2.24) is 4.90 Å². The first-order valence-corrected chi connectivity index (χ1v) is 8.96. The lowest BCUT2D eigenvalue weighted by molar-refractivity contribution is -0.0233. The number of hydrogen-bond donors (Lipinski definition) is 3. The number of carbonyl (C=O) groups is 2. The van der Waals surface area contributed by atoms with Gasteiger partial charge in [0.05, 0.1) is 43.3 Å². The van der Waals surface area contributed by atoms with Crippen molar-refractivity contribution in [2.45, 2.75) is 6.10 Å². The predicted octanol–water partition coefficient (Wildman–Crippen LogP) is 3.40. The van der Waals surface area contributed by atoms with Gasteiger partial charge in [0.25, 0.3) is 0 Å². The Labute approximate surface area is 171 Å². The number of anilines is 2. The molecule has 1 saturated heterocycles. The van der Waals surface area contributed by atoms with E-state index >= 15 is 0 Å². The maximum Gasteiger partial charge on any atom is 0.407 e. The van der Waals surface area contributed by atoms with Crippen LogP contribution in [0.15, 0.2) is 36.4 Å². The largest absolute Gasteiger partial charge is 0.495 e. The van der Waals surface area contributed by atoms with E-state index in [1.54, 1.807) is 12.1 Å². The molecule has 9 nitrogen and oxygen atoms in total. The van der Waals surface area contributed by atoms with Crippen LogP contribution in [-0.2, 0) is 4.74 Å². The summed E-state index contributed by atoms with van der Waals surface area (Å²) in [5, 5.41) is 23.0. The van der Waals surface area contributed by atoms with Gasteiger partial charge in [0.2, 0.25) is 0 Å². The number of nitrogens with one attached hydrogen (secondary N) is 2. The molecule has 3 amide bonds. The Balaban J connectivity index is 1.70. The summed E-state index contributed by atoms with van der Waals surface area (Å²) in [7, 11) is 1.42. The molecule has 10 heteroatoms. The Hall–Kier alpha value is -3.84. The molecule has 0 aromatic heterocycles. The Morgan fingerprint density at radius 1 is 1.27 bits per heavy atom. The van der Waals surface area contributed by atoms with Gasteiger partial charge in [0, 0.05) is 6.54 Å². The zero-order chi connectivity index (χ0) is 21.7. The molecule has 1 aliphatic rings. The monoisotopic (exact) mass is 414 g/mol. The van der Waals surface area contributed by atoms with Gasteiger partial charge in [-0.25, -0.2) is 14.0 Å². The molecule has 0 saturated carbocycles. The Morgan fingerprint density at radius 3 is 2.70 bits per heavy atom. The number of rotatable bonds is 4. The smallest absolute Gasteiger partial charge is 0.407 e. The van der Waals surface area contributed by atoms with E-state index in [1.807, 2.05) is 6.07 Å². The van der Waals surface area contributed by atoms with Crippen molar-refractivity contribution in [1.29, 1.82) is 5.26 Å².